The number of hydrogen-bond acceptors (Lipinski definition) is 6. The number of nitrogens with zero attached hydrogens (tertiary/aromatic N) is 5. The van der Waals surface area contributed by atoms with Crippen LogP contribution in [-0.2, 0) is 13.2 Å². The van der Waals surface area contributed by atoms with Crippen molar-refractivity contribution >= 4 is 21.4 Å². The van der Waals surface area contributed by atoms with Crippen molar-refractivity contribution in [1.29, 1.82) is 5.26 Å². The summed E-state index contributed by atoms with van der Waals surface area (Å²) in [5, 5.41) is 16.0. The summed E-state index contributed by atoms with van der Waals surface area (Å²) in [5.41, 5.74) is 1.42. The summed E-state index contributed by atoms with van der Waals surface area (Å²) < 4.78 is 46.5. The molecule has 3 aromatic heterocycles. The van der Waals surface area contributed by atoms with Crippen LogP contribution in [0, 0.1) is 11.3 Å². The van der Waals surface area contributed by atoms with Gasteiger partial charge in [-0.3, -0.25) is 0 Å². The minimum absolute atomic E-state index is 0.197. The molecule has 0 saturated carbocycles. The molecule has 0 unspecified atom stereocenters. The summed E-state index contributed by atoms with van der Waals surface area (Å²) in [4.78, 5) is 8.16. The highest BCUT2D eigenvalue weighted by molar-refractivity contribution is 7.17. The Bertz CT molecular complexity index is 1490. The normalized spacial score (nSPS) is 11.7. The van der Waals surface area contributed by atoms with E-state index in [4.69, 9.17) is 4.52 Å². The summed E-state index contributed by atoms with van der Waals surface area (Å²) in [5.74, 6) is 0.805. The van der Waals surface area contributed by atoms with Crippen LogP contribution in [0.1, 0.15) is 11.3 Å². The zero-order valence-electron chi connectivity index (χ0n) is 16.4. The smallest absolute Gasteiger partial charge is 0.334 e. The molecule has 0 N–H and O–H groups in total. The molecular weight excluding hydrogens is 439 g/mol. The lowest BCUT2D eigenvalue weighted by molar-refractivity contribution is -0.140. The Labute approximate surface area is 183 Å². The van der Waals surface area contributed by atoms with Gasteiger partial charge in [0.15, 0.2) is 5.69 Å². The molecule has 0 fully saturated rings. The van der Waals surface area contributed by atoms with Crippen LogP contribution in [0.3, 0.4) is 0 Å². The van der Waals surface area contributed by atoms with E-state index < -0.39 is 11.9 Å². The third-order valence-corrected chi connectivity index (χ3v) is 5.89. The number of alkyl halides is 3. The van der Waals surface area contributed by atoms with E-state index >= 15 is 0 Å². The Balaban J connectivity index is 1.48. The molecule has 5 aromatic rings. The van der Waals surface area contributed by atoms with E-state index in [1.807, 2.05) is 18.2 Å². The van der Waals surface area contributed by atoms with Gasteiger partial charge >= 0.3 is 6.18 Å². The van der Waals surface area contributed by atoms with Crippen molar-refractivity contribution in [3.63, 3.8) is 0 Å². The second-order valence-corrected chi connectivity index (χ2v) is 7.91. The summed E-state index contributed by atoms with van der Waals surface area (Å²) >= 11 is 1.47. The zero-order valence-corrected chi connectivity index (χ0v) is 17.2. The topological polar surface area (TPSA) is 80.5 Å². The maximum atomic E-state index is 12.9. The van der Waals surface area contributed by atoms with E-state index in [1.165, 1.54) is 23.0 Å². The largest absolute Gasteiger partial charge is 0.434 e. The van der Waals surface area contributed by atoms with Crippen molar-refractivity contribution < 1.29 is 17.7 Å². The Morgan fingerprint density at radius 1 is 1.06 bits per heavy atom. The molecule has 158 valence electrons. The lowest BCUT2D eigenvalue weighted by Crippen LogP contribution is -2.04. The first-order chi connectivity index (χ1) is 15.3. The van der Waals surface area contributed by atoms with Crippen LogP contribution in [-0.4, -0.2) is 19.7 Å². The van der Waals surface area contributed by atoms with Crippen molar-refractivity contribution in [2.45, 2.75) is 6.18 Å². The molecule has 32 heavy (non-hydrogen) atoms. The van der Waals surface area contributed by atoms with Gasteiger partial charge in [0.1, 0.15) is 11.9 Å². The summed E-state index contributed by atoms with van der Waals surface area (Å²) in [6.07, 6.45) is -3.55. The first kappa shape index (κ1) is 20.0. The van der Waals surface area contributed by atoms with Crippen molar-refractivity contribution in [2.75, 3.05) is 0 Å². The molecule has 0 atom stereocenters. The van der Waals surface area contributed by atoms with Gasteiger partial charge in [-0.25, -0.2) is 4.98 Å². The number of aromatic nitrogens is 4. The maximum Gasteiger partial charge on any atom is 0.434 e. The minimum atomic E-state index is -4.51. The van der Waals surface area contributed by atoms with Gasteiger partial charge in [-0.15, -0.1) is 11.3 Å². The van der Waals surface area contributed by atoms with Crippen LogP contribution < -0.4 is 0 Å². The lowest BCUT2D eigenvalue weighted by Gasteiger charge is -2.02. The molecule has 0 bridgehead atoms. The van der Waals surface area contributed by atoms with Gasteiger partial charge in [0.25, 0.3) is 5.89 Å². The lowest BCUT2D eigenvalue weighted by atomic mass is 10.1. The number of fused-ring (bicyclic) bond motifs is 1. The molecular formula is C22H12F3N5OS. The van der Waals surface area contributed by atoms with Crippen molar-refractivity contribution in [3.8, 4) is 40.3 Å². The fraction of sp³-hybridized carbons (Fsp3) is 0.0909. The second-order valence-electron chi connectivity index (χ2n) is 7.00. The molecule has 3 heterocycles. The number of rotatable bonds is 3. The number of hydrogen-bond donors (Lipinski definition) is 0. The molecule has 0 saturated heterocycles. The van der Waals surface area contributed by atoms with Crippen LogP contribution in [0.2, 0.25) is 0 Å². The highest BCUT2D eigenvalue weighted by Crippen LogP contribution is 2.35. The van der Waals surface area contributed by atoms with Crippen LogP contribution in [0.15, 0.2) is 58.6 Å². The maximum absolute atomic E-state index is 12.9. The minimum Gasteiger partial charge on any atom is -0.334 e. The number of aryl methyl sites for hydroxylation is 1. The Morgan fingerprint density at radius 3 is 2.50 bits per heavy atom. The third kappa shape index (κ3) is 3.33. The first-order valence-electron chi connectivity index (χ1n) is 9.31. The molecule has 0 aliphatic carbocycles. The molecule has 2 aromatic carbocycles. The summed E-state index contributed by atoms with van der Waals surface area (Å²) in [7, 11) is 1.51. The Hall–Kier alpha value is -3.97. The van der Waals surface area contributed by atoms with Crippen LogP contribution in [0.5, 0.6) is 0 Å². The van der Waals surface area contributed by atoms with E-state index in [2.05, 4.69) is 21.2 Å². The standard InChI is InChI=1S/C22H12F3N5OS/c1-30-10-17(22(23,24)25)27-20(30)12-5-7-13(8-6-12)21-28-19(29-31-21)15-3-2-4-16-18(15)14(9-26)11-32-16/h2-8,10-11H,1H3. The fourth-order valence-corrected chi connectivity index (χ4v) is 4.35. The quantitative estimate of drug-likeness (QED) is 0.341. The molecule has 10 heteroatoms. The molecule has 0 aliphatic heterocycles. The fourth-order valence-electron chi connectivity index (χ4n) is 3.44. The van der Waals surface area contributed by atoms with E-state index in [-0.39, 0.29) is 11.7 Å². The summed E-state index contributed by atoms with van der Waals surface area (Å²) in [6.45, 7) is 0. The third-order valence-electron chi connectivity index (χ3n) is 4.94. The summed E-state index contributed by atoms with van der Waals surface area (Å²) in [6, 6.07) is 14.5. The predicted molar refractivity (Wildman–Crippen MR) is 112 cm³/mol. The van der Waals surface area contributed by atoms with Gasteiger partial charge in [-0.05, 0) is 18.2 Å². The van der Waals surface area contributed by atoms with Crippen LogP contribution in [0.4, 0.5) is 13.2 Å². The molecule has 0 radical (unpaired) electrons. The number of thiophene rings is 1. The van der Waals surface area contributed by atoms with Crippen LogP contribution >= 0.6 is 11.3 Å². The number of benzene rings is 2. The molecule has 0 amide bonds. The van der Waals surface area contributed by atoms with Gasteiger partial charge in [0.2, 0.25) is 5.82 Å². The van der Waals surface area contributed by atoms with E-state index in [9.17, 15) is 18.4 Å². The molecule has 6 nitrogen and oxygen atoms in total. The predicted octanol–water partition coefficient (Wildman–Crippen LogP) is 5.91. The monoisotopic (exact) mass is 451 g/mol. The van der Waals surface area contributed by atoms with Gasteiger partial charge in [0.05, 0.1) is 5.56 Å². The number of halogens is 3. The van der Waals surface area contributed by atoms with E-state index in [0.29, 0.717) is 28.1 Å². The highest BCUT2D eigenvalue weighted by Gasteiger charge is 2.34. The van der Waals surface area contributed by atoms with Gasteiger partial charge in [0, 0.05) is 45.4 Å². The molecule has 5 rings (SSSR count). The number of nitriles is 1. The highest BCUT2D eigenvalue weighted by atomic mass is 32.1. The first-order valence-corrected chi connectivity index (χ1v) is 10.2. The van der Waals surface area contributed by atoms with Gasteiger partial charge < -0.3 is 9.09 Å². The molecule has 0 aliphatic rings. The average molecular weight is 451 g/mol. The van der Waals surface area contributed by atoms with Gasteiger partial charge in [-0.2, -0.15) is 23.4 Å². The number of imidazole rings is 1. The molecule has 0 spiro atoms. The van der Waals surface area contributed by atoms with Crippen LogP contribution in [0.25, 0.3) is 44.3 Å². The van der Waals surface area contributed by atoms with Crippen molar-refractivity contribution in [2.24, 2.45) is 7.05 Å². The Kier molecular flexibility index (Phi) is 4.56. The van der Waals surface area contributed by atoms with Gasteiger partial charge in [-0.1, -0.05) is 29.4 Å². The zero-order chi connectivity index (χ0) is 22.5. The van der Waals surface area contributed by atoms with E-state index in [0.717, 1.165) is 16.3 Å². The average Bonchev–Trinajstić information content (AvgIpc) is 3.51. The van der Waals surface area contributed by atoms with E-state index in [1.54, 1.807) is 29.6 Å². The van der Waals surface area contributed by atoms with Crippen molar-refractivity contribution in [1.82, 2.24) is 19.7 Å². The SMILES string of the molecule is Cn1cc(C(F)(F)F)nc1-c1ccc(-c2nc(-c3cccc4scc(C#N)c34)no2)cc1. The Morgan fingerprint density at radius 2 is 1.81 bits per heavy atom. The van der Waals surface area contributed by atoms with Crippen molar-refractivity contribution in [3.05, 3.63) is 65.3 Å². The second kappa shape index (κ2) is 7.32.